The molecular weight excluding hydrogens is 296 g/mol. The monoisotopic (exact) mass is 315 g/mol. The molecule has 0 radical (unpaired) electrons. The van der Waals surface area contributed by atoms with Gasteiger partial charge in [0.2, 0.25) is 0 Å². The average molecular weight is 315 g/mol. The van der Waals surface area contributed by atoms with Crippen molar-refractivity contribution < 1.29 is 28.2 Å². The largest absolute Gasteiger partial charge is 0.481 e. The number of unbranched alkanes of at least 4 members (excludes halogenated alkanes) is 1. The van der Waals surface area contributed by atoms with Crippen LogP contribution in [0.3, 0.4) is 0 Å². The summed E-state index contributed by atoms with van der Waals surface area (Å²) in [6.45, 7) is 0.633. The van der Waals surface area contributed by atoms with E-state index in [1.165, 1.54) is 12.1 Å². The highest BCUT2D eigenvalue weighted by Gasteiger charge is 2.14. The first kappa shape index (κ1) is 17.9. The van der Waals surface area contributed by atoms with E-state index in [-0.39, 0.29) is 18.1 Å². The highest BCUT2D eigenvalue weighted by Crippen LogP contribution is 2.26. The fourth-order valence-corrected chi connectivity index (χ4v) is 2.06. The highest BCUT2D eigenvalue weighted by molar-refractivity contribution is 5.94. The van der Waals surface area contributed by atoms with Crippen LogP contribution >= 0.6 is 0 Å². The van der Waals surface area contributed by atoms with Gasteiger partial charge in [-0.25, -0.2) is 0 Å². The van der Waals surface area contributed by atoms with Crippen molar-refractivity contribution in [3.8, 4) is 5.75 Å². The number of hydrogen-bond acceptors (Lipinski definition) is 3. The molecule has 0 bridgehead atoms. The molecule has 0 aliphatic heterocycles. The van der Waals surface area contributed by atoms with E-state index >= 15 is 0 Å². The number of carbonyl (C=O) groups is 2. The molecule has 0 aromatic heterocycles. The molecule has 2 N–H and O–H groups in total. The van der Waals surface area contributed by atoms with Gasteiger partial charge in [-0.05, 0) is 49.9 Å². The smallest absolute Gasteiger partial charge is 0.387 e. The third-order valence-corrected chi connectivity index (χ3v) is 3.03. The highest BCUT2D eigenvalue weighted by atomic mass is 19.3. The number of ether oxygens (including phenoxy) is 1. The van der Waals surface area contributed by atoms with Gasteiger partial charge < -0.3 is 15.2 Å². The lowest BCUT2D eigenvalue weighted by Gasteiger charge is -2.13. The topological polar surface area (TPSA) is 75.6 Å². The molecule has 5 nitrogen and oxygen atoms in total. The van der Waals surface area contributed by atoms with Gasteiger partial charge >= 0.3 is 12.6 Å². The van der Waals surface area contributed by atoms with Crippen LogP contribution in [-0.4, -0.2) is 30.1 Å². The molecule has 22 heavy (non-hydrogen) atoms. The van der Waals surface area contributed by atoms with Crippen LogP contribution in [0.15, 0.2) is 12.1 Å². The van der Waals surface area contributed by atoms with E-state index in [1.807, 2.05) is 0 Å². The van der Waals surface area contributed by atoms with E-state index in [0.717, 1.165) is 0 Å². The first-order valence-electron chi connectivity index (χ1n) is 6.87. The van der Waals surface area contributed by atoms with Crippen molar-refractivity contribution in [2.24, 2.45) is 0 Å². The van der Waals surface area contributed by atoms with Crippen LogP contribution in [0, 0.1) is 13.8 Å². The van der Waals surface area contributed by atoms with Crippen LogP contribution in [0.5, 0.6) is 5.75 Å². The maximum absolute atomic E-state index is 12.3. The van der Waals surface area contributed by atoms with Crippen molar-refractivity contribution in [1.29, 1.82) is 0 Å². The number of nitrogens with one attached hydrogen (secondary N) is 1. The molecule has 0 atom stereocenters. The number of rotatable bonds is 8. The molecule has 0 aliphatic rings. The Morgan fingerprint density at radius 1 is 1.23 bits per heavy atom. The number of aryl methyl sites for hydroxylation is 2. The molecule has 0 fully saturated rings. The van der Waals surface area contributed by atoms with Gasteiger partial charge in [-0.1, -0.05) is 0 Å². The fraction of sp³-hybridized carbons (Fsp3) is 0.467. The van der Waals surface area contributed by atoms with E-state index in [4.69, 9.17) is 5.11 Å². The van der Waals surface area contributed by atoms with Crippen molar-refractivity contribution in [3.05, 3.63) is 28.8 Å². The number of halogens is 2. The number of alkyl halides is 2. The van der Waals surface area contributed by atoms with Gasteiger partial charge in [0.1, 0.15) is 5.75 Å². The Kier molecular flexibility index (Phi) is 6.75. The zero-order valence-corrected chi connectivity index (χ0v) is 12.5. The molecular formula is C15H19F2NO4. The van der Waals surface area contributed by atoms with Crippen molar-refractivity contribution >= 4 is 11.9 Å². The van der Waals surface area contributed by atoms with Gasteiger partial charge in [0, 0.05) is 18.5 Å². The molecule has 0 heterocycles. The summed E-state index contributed by atoms with van der Waals surface area (Å²) >= 11 is 0. The Bertz CT molecular complexity index is 523. The maximum Gasteiger partial charge on any atom is 0.387 e. The summed E-state index contributed by atoms with van der Waals surface area (Å²) in [6.07, 6.45) is 1.10. The number of carboxylic acids is 1. The number of benzene rings is 1. The average Bonchev–Trinajstić information content (AvgIpc) is 2.41. The van der Waals surface area contributed by atoms with E-state index in [0.29, 0.717) is 36.1 Å². The summed E-state index contributed by atoms with van der Waals surface area (Å²) in [6, 6.07) is 2.97. The first-order valence-corrected chi connectivity index (χ1v) is 6.87. The first-order chi connectivity index (χ1) is 10.3. The van der Waals surface area contributed by atoms with Crippen LogP contribution in [0.2, 0.25) is 0 Å². The van der Waals surface area contributed by atoms with Gasteiger partial charge in [0.15, 0.2) is 0 Å². The van der Waals surface area contributed by atoms with Gasteiger partial charge in [-0.2, -0.15) is 8.78 Å². The van der Waals surface area contributed by atoms with Crippen molar-refractivity contribution in [1.82, 2.24) is 5.32 Å². The quantitative estimate of drug-likeness (QED) is 0.723. The maximum atomic E-state index is 12.3. The third-order valence-electron chi connectivity index (χ3n) is 3.03. The predicted octanol–water partition coefficient (Wildman–Crippen LogP) is 2.89. The van der Waals surface area contributed by atoms with Crippen molar-refractivity contribution in [3.63, 3.8) is 0 Å². The molecule has 0 aliphatic carbocycles. The number of carboxylic acid groups (broad SMARTS) is 1. The Labute approximate surface area is 127 Å². The molecule has 1 rings (SSSR count). The molecule has 7 heteroatoms. The number of hydrogen-bond donors (Lipinski definition) is 2. The second kappa shape index (κ2) is 8.31. The van der Waals surface area contributed by atoms with Crippen LogP contribution < -0.4 is 10.1 Å². The fourth-order valence-electron chi connectivity index (χ4n) is 2.06. The number of amides is 1. The Hall–Kier alpha value is -2.18. The number of aliphatic carboxylic acids is 1. The second-order valence-corrected chi connectivity index (χ2v) is 4.92. The van der Waals surface area contributed by atoms with Crippen molar-refractivity contribution in [2.75, 3.05) is 6.54 Å². The van der Waals surface area contributed by atoms with E-state index in [1.54, 1.807) is 13.8 Å². The lowest BCUT2D eigenvalue weighted by atomic mass is 10.1. The summed E-state index contributed by atoms with van der Waals surface area (Å²) in [7, 11) is 0. The Morgan fingerprint density at radius 3 is 2.32 bits per heavy atom. The molecule has 0 saturated carbocycles. The molecule has 1 amide bonds. The lowest BCUT2D eigenvalue weighted by Crippen LogP contribution is -2.24. The Morgan fingerprint density at radius 2 is 1.82 bits per heavy atom. The summed E-state index contributed by atoms with van der Waals surface area (Å²) in [5.74, 6) is -1.12. The van der Waals surface area contributed by atoms with Crippen LogP contribution in [-0.2, 0) is 4.79 Å². The third kappa shape index (κ3) is 5.67. The van der Waals surface area contributed by atoms with Crippen molar-refractivity contribution in [2.45, 2.75) is 39.7 Å². The SMILES string of the molecule is Cc1cc(C(=O)NCCCCC(=O)O)cc(C)c1OC(F)F. The van der Waals surface area contributed by atoms with Gasteiger partial charge in [-0.3, -0.25) is 9.59 Å². The summed E-state index contributed by atoms with van der Waals surface area (Å²) in [4.78, 5) is 22.3. The zero-order chi connectivity index (χ0) is 16.7. The summed E-state index contributed by atoms with van der Waals surface area (Å²) < 4.78 is 29.0. The number of carbonyl (C=O) groups excluding carboxylic acids is 1. The summed E-state index contributed by atoms with van der Waals surface area (Å²) in [5.41, 5.74) is 1.27. The molecule has 0 spiro atoms. The minimum absolute atomic E-state index is 0.0632. The van der Waals surface area contributed by atoms with Crippen LogP contribution in [0.25, 0.3) is 0 Å². The van der Waals surface area contributed by atoms with E-state index in [9.17, 15) is 18.4 Å². The minimum atomic E-state index is -2.91. The van der Waals surface area contributed by atoms with Gasteiger partial charge in [0.25, 0.3) is 5.91 Å². The normalized spacial score (nSPS) is 10.6. The molecule has 0 unspecified atom stereocenters. The standard InChI is InChI=1S/C15H19F2NO4/c1-9-7-11(8-10(2)13(9)22-15(16)17)14(21)18-6-4-3-5-12(19)20/h7-8,15H,3-6H2,1-2H3,(H,18,21)(H,19,20). The van der Waals surface area contributed by atoms with E-state index in [2.05, 4.69) is 10.1 Å². The molecule has 0 saturated heterocycles. The predicted molar refractivity (Wildman–Crippen MR) is 76.4 cm³/mol. The lowest BCUT2D eigenvalue weighted by molar-refractivity contribution is -0.137. The summed E-state index contributed by atoms with van der Waals surface area (Å²) in [5, 5.41) is 11.2. The van der Waals surface area contributed by atoms with Crippen LogP contribution in [0.4, 0.5) is 8.78 Å². The zero-order valence-electron chi connectivity index (χ0n) is 12.5. The van der Waals surface area contributed by atoms with Gasteiger partial charge in [-0.15, -0.1) is 0 Å². The van der Waals surface area contributed by atoms with Crippen LogP contribution in [0.1, 0.15) is 40.7 Å². The molecule has 122 valence electrons. The Balaban J connectivity index is 2.61. The van der Waals surface area contributed by atoms with E-state index < -0.39 is 12.6 Å². The molecule has 1 aromatic carbocycles. The molecule has 1 aromatic rings. The second-order valence-electron chi connectivity index (χ2n) is 4.92. The van der Waals surface area contributed by atoms with Gasteiger partial charge in [0.05, 0.1) is 0 Å². The minimum Gasteiger partial charge on any atom is -0.481 e.